The second-order valence-corrected chi connectivity index (χ2v) is 7.56. The number of benzene rings is 1. The van der Waals surface area contributed by atoms with Crippen LogP contribution in [0, 0.1) is 12.8 Å². The van der Waals surface area contributed by atoms with Gasteiger partial charge in [-0.1, -0.05) is 6.92 Å². The Morgan fingerprint density at radius 2 is 1.89 bits per heavy atom. The smallest absolute Gasteiger partial charge is 0.274 e. The van der Waals surface area contributed by atoms with Gasteiger partial charge in [-0.25, -0.2) is 9.97 Å². The summed E-state index contributed by atoms with van der Waals surface area (Å²) in [5.41, 5.74) is 3.42. The average molecular weight is 382 g/mol. The van der Waals surface area contributed by atoms with Crippen molar-refractivity contribution in [3.63, 3.8) is 0 Å². The highest BCUT2D eigenvalue weighted by molar-refractivity contribution is 6.03. The zero-order valence-corrected chi connectivity index (χ0v) is 17.4. The molecule has 3 rings (SSSR count). The predicted octanol–water partition coefficient (Wildman–Crippen LogP) is 4.12. The van der Waals surface area contributed by atoms with E-state index >= 15 is 0 Å². The van der Waals surface area contributed by atoms with Crippen LogP contribution in [-0.2, 0) is 0 Å². The molecule has 2 heterocycles. The van der Waals surface area contributed by atoms with Crippen LogP contribution >= 0.6 is 0 Å². The molecule has 1 fully saturated rings. The molecule has 1 aliphatic rings. The predicted molar refractivity (Wildman–Crippen MR) is 115 cm³/mol. The van der Waals surface area contributed by atoms with Gasteiger partial charge in [0.2, 0.25) is 0 Å². The maximum absolute atomic E-state index is 12.8. The molecule has 0 saturated carbocycles. The molecule has 1 aromatic carbocycles. The quantitative estimate of drug-likeness (QED) is 0.815. The molecule has 1 aliphatic heterocycles. The molecular formula is C22H31N5O. The van der Waals surface area contributed by atoms with Gasteiger partial charge in [-0.15, -0.1) is 0 Å². The highest BCUT2D eigenvalue weighted by atomic mass is 16.1. The molecule has 150 valence electrons. The van der Waals surface area contributed by atoms with E-state index in [9.17, 15) is 4.79 Å². The van der Waals surface area contributed by atoms with Crippen molar-refractivity contribution in [2.75, 3.05) is 41.3 Å². The summed E-state index contributed by atoms with van der Waals surface area (Å²) in [5.74, 6) is 1.39. The number of anilines is 3. The van der Waals surface area contributed by atoms with Crippen LogP contribution < -0.4 is 15.1 Å². The molecular weight excluding hydrogens is 350 g/mol. The van der Waals surface area contributed by atoms with Gasteiger partial charge in [0.15, 0.2) is 0 Å². The summed E-state index contributed by atoms with van der Waals surface area (Å²) < 4.78 is 0. The first-order valence-electron chi connectivity index (χ1n) is 10.3. The molecule has 1 amide bonds. The Morgan fingerprint density at radius 1 is 1.18 bits per heavy atom. The SMILES string of the molecule is CCN(CC)c1ccc(NC(=O)c2cc(N3CCC(C)CC3)ncn2)c(C)c1. The summed E-state index contributed by atoms with van der Waals surface area (Å²) in [7, 11) is 0. The van der Waals surface area contributed by atoms with Gasteiger partial charge in [-0.05, 0) is 63.3 Å². The fourth-order valence-corrected chi connectivity index (χ4v) is 3.64. The van der Waals surface area contributed by atoms with Gasteiger partial charge in [0.05, 0.1) is 0 Å². The number of piperidine rings is 1. The number of aromatic nitrogens is 2. The Balaban J connectivity index is 1.72. The van der Waals surface area contributed by atoms with E-state index in [2.05, 4.69) is 58.0 Å². The summed E-state index contributed by atoms with van der Waals surface area (Å²) in [5, 5.41) is 3.00. The van der Waals surface area contributed by atoms with Crippen LogP contribution in [0.3, 0.4) is 0 Å². The summed E-state index contributed by atoms with van der Waals surface area (Å²) >= 11 is 0. The summed E-state index contributed by atoms with van der Waals surface area (Å²) in [4.78, 5) is 25.8. The molecule has 0 atom stereocenters. The molecule has 0 aliphatic carbocycles. The van der Waals surface area contributed by atoms with Crippen LogP contribution in [0.15, 0.2) is 30.6 Å². The summed E-state index contributed by atoms with van der Waals surface area (Å²) in [6.45, 7) is 12.5. The van der Waals surface area contributed by atoms with Crippen molar-refractivity contribution in [3.05, 3.63) is 41.9 Å². The molecule has 1 aromatic heterocycles. The normalized spacial score (nSPS) is 14.8. The van der Waals surface area contributed by atoms with Gasteiger partial charge in [0, 0.05) is 43.6 Å². The Hall–Kier alpha value is -2.63. The first-order valence-corrected chi connectivity index (χ1v) is 10.3. The lowest BCUT2D eigenvalue weighted by atomic mass is 9.99. The lowest BCUT2D eigenvalue weighted by Crippen LogP contribution is -2.33. The van der Waals surface area contributed by atoms with Gasteiger partial charge >= 0.3 is 0 Å². The minimum atomic E-state index is -0.201. The minimum absolute atomic E-state index is 0.201. The number of carbonyl (C=O) groups is 1. The summed E-state index contributed by atoms with van der Waals surface area (Å²) in [6.07, 6.45) is 3.80. The zero-order chi connectivity index (χ0) is 20.1. The Kier molecular flexibility index (Phi) is 6.49. The van der Waals surface area contributed by atoms with Crippen molar-refractivity contribution in [2.45, 2.75) is 40.5 Å². The van der Waals surface area contributed by atoms with Crippen LogP contribution in [-0.4, -0.2) is 42.1 Å². The molecule has 1 saturated heterocycles. The number of hydrogen-bond donors (Lipinski definition) is 1. The number of rotatable bonds is 6. The Labute approximate surface area is 168 Å². The summed E-state index contributed by atoms with van der Waals surface area (Å²) in [6, 6.07) is 7.93. The highest BCUT2D eigenvalue weighted by Crippen LogP contribution is 2.24. The maximum Gasteiger partial charge on any atom is 0.274 e. The molecule has 2 aromatic rings. The Bertz CT molecular complexity index is 810. The number of carbonyl (C=O) groups excluding carboxylic acids is 1. The van der Waals surface area contributed by atoms with Gasteiger partial charge in [0.25, 0.3) is 5.91 Å². The number of nitrogens with zero attached hydrogens (tertiary/aromatic N) is 4. The van der Waals surface area contributed by atoms with E-state index in [-0.39, 0.29) is 5.91 Å². The van der Waals surface area contributed by atoms with Crippen LogP contribution in [0.1, 0.15) is 49.7 Å². The van der Waals surface area contributed by atoms with Crippen LogP contribution in [0.5, 0.6) is 0 Å². The zero-order valence-electron chi connectivity index (χ0n) is 17.4. The Morgan fingerprint density at radius 3 is 2.54 bits per heavy atom. The van der Waals surface area contributed by atoms with E-state index in [4.69, 9.17) is 0 Å². The minimum Gasteiger partial charge on any atom is -0.372 e. The third-order valence-corrected chi connectivity index (χ3v) is 5.58. The topological polar surface area (TPSA) is 61.4 Å². The fourth-order valence-electron chi connectivity index (χ4n) is 3.64. The van der Waals surface area contributed by atoms with Crippen molar-refractivity contribution in [1.29, 1.82) is 0 Å². The molecule has 6 nitrogen and oxygen atoms in total. The molecule has 6 heteroatoms. The van der Waals surface area contributed by atoms with E-state index in [1.165, 1.54) is 12.0 Å². The van der Waals surface area contributed by atoms with Crippen LogP contribution in [0.4, 0.5) is 17.2 Å². The van der Waals surface area contributed by atoms with Crippen molar-refractivity contribution in [3.8, 4) is 0 Å². The van der Waals surface area contributed by atoms with E-state index in [0.29, 0.717) is 5.69 Å². The second kappa shape index (κ2) is 9.04. The number of amides is 1. The number of aryl methyl sites for hydroxylation is 1. The van der Waals surface area contributed by atoms with E-state index in [0.717, 1.165) is 62.0 Å². The maximum atomic E-state index is 12.8. The monoisotopic (exact) mass is 381 g/mol. The number of hydrogen-bond acceptors (Lipinski definition) is 5. The second-order valence-electron chi connectivity index (χ2n) is 7.56. The van der Waals surface area contributed by atoms with E-state index < -0.39 is 0 Å². The van der Waals surface area contributed by atoms with E-state index in [1.807, 2.05) is 13.0 Å². The van der Waals surface area contributed by atoms with Crippen LogP contribution in [0.2, 0.25) is 0 Å². The van der Waals surface area contributed by atoms with Crippen LogP contribution in [0.25, 0.3) is 0 Å². The third-order valence-electron chi connectivity index (χ3n) is 5.58. The van der Waals surface area contributed by atoms with Gasteiger partial charge < -0.3 is 15.1 Å². The molecule has 1 N–H and O–H groups in total. The molecule has 28 heavy (non-hydrogen) atoms. The van der Waals surface area contributed by atoms with E-state index in [1.54, 1.807) is 6.07 Å². The number of nitrogens with one attached hydrogen (secondary N) is 1. The van der Waals surface area contributed by atoms with Crippen molar-refractivity contribution in [1.82, 2.24) is 9.97 Å². The van der Waals surface area contributed by atoms with Crippen molar-refractivity contribution in [2.24, 2.45) is 5.92 Å². The molecule has 0 spiro atoms. The molecule has 0 unspecified atom stereocenters. The molecule has 0 radical (unpaired) electrons. The average Bonchev–Trinajstić information content (AvgIpc) is 2.71. The lowest BCUT2D eigenvalue weighted by molar-refractivity contribution is 0.102. The highest BCUT2D eigenvalue weighted by Gasteiger charge is 2.19. The van der Waals surface area contributed by atoms with Gasteiger partial charge in [-0.2, -0.15) is 0 Å². The molecule has 0 bridgehead atoms. The van der Waals surface area contributed by atoms with Gasteiger partial charge in [-0.3, -0.25) is 4.79 Å². The largest absolute Gasteiger partial charge is 0.372 e. The van der Waals surface area contributed by atoms with Gasteiger partial charge in [0.1, 0.15) is 17.8 Å². The fraction of sp³-hybridized carbons (Fsp3) is 0.500. The lowest BCUT2D eigenvalue weighted by Gasteiger charge is -2.31. The third kappa shape index (κ3) is 4.61. The first-order chi connectivity index (χ1) is 13.5. The van der Waals surface area contributed by atoms with Crippen molar-refractivity contribution >= 4 is 23.1 Å². The first kappa shape index (κ1) is 20.1. The standard InChI is InChI=1S/C22H31N5O/c1-5-26(6-2)18-7-8-19(17(4)13-18)25-22(28)20-14-21(24-15-23-20)27-11-9-16(3)10-12-27/h7-8,13-16H,5-6,9-12H2,1-4H3,(H,25,28). The van der Waals surface area contributed by atoms with Crippen molar-refractivity contribution < 1.29 is 4.79 Å².